The van der Waals surface area contributed by atoms with Crippen LogP contribution in [-0.2, 0) is 10.0 Å². The van der Waals surface area contributed by atoms with E-state index in [1.807, 2.05) is 6.92 Å². The van der Waals surface area contributed by atoms with Crippen LogP contribution in [0.1, 0.15) is 67.5 Å². The summed E-state index contributed by atoms with van der Waals surface area (Å²) in [4.78, 5) is 34.1. The van der Waals surface area contributed by atoms with Gasteiger partial charge in [0.25, 0.3) is 5.91 Å². The number of rotatable bonds is 12. The molecule has 2 N–H and O–H groups in total. The molecule has 4 heterocycles. The molecule has 3 aromatic rings. The van der Waals surface area contributed by atoms with Crippen LogP contribution in [0.25, 0.3) is 10.6 Å². The maximum Gasteiger partial charge on any atom is 0.280 e. The molecule has 2 atom stereocenters. The summed E-state index contributed by atoms with van der Waals surface area (Å²) in [5, 5.41) is 3.10. The highest BCUT2D eigenvalue weighted by molar-refractivity contribution is 7.93. The highest BCUT2D eigenvalue weighted by Gasteiger charge is 2.36. The fraction of sp³-hybridized carbons (Fsp3) is 0.519. The van der Waals surface area contributed by atoms with Gasteiger partial charge in [-0.1, -0.05) is 13.3 Å². The number of ether oxygens (including phenoxy) is 1. The number of aromatic nitrogens is 4. The lowest BCUT2D eigenvalue weighted by molar-refractivity contribution is 0.0908. The molecule has 1 amide bonds. The zero-order valence-electron chi connectivity index (χ0n) is 22.7. The third kappa shape index (κ3) is 7.12. The van der Waals surface area contributed by atoms with E-state index < -0.39 is 16.1 Å². The van der Waals surface area contributed by atoms with E-state index in [0.29, 0.717) is 52.3 Å². The normalized spacial score (nSPS) is 17.6. The molecule has 40 heavy (non-hydrogen) atoms. The molecule has 2 aliphatic rings. The number of thiazole rings is 1. The van der Waals surface area contributed by atoms with Gasteiger partial charge in [0.15, 0.2) is 5.01 Å². The number of pyridine rings is 1. The fourth-order valence-corrected chi connectivity index (χ4v) is 7.01. The van der Waals surface area contributed by atoms with Crippen molar-refractivity contribution >= 4 is 33.0 Å². The molecule has 5 rings (SSSR count). The summed E-state index contributed by atoms with van der Waals surface area (Å²) in [6.07, 6.45) is 11.3. The van der Waals surface area contributed by atoms with Gasteiger partial charge in [0.05, 0.1) is 46.6 Å². The molecule has 1 saturated heterocycles. The first-order valence-corrected chi connectivity index (χ1v) is 16.1. The SMILES string of the molecule is CCOc1cncc(-c2cnc(C(=O)N[C@H](c3cc(NS(=O)(=O)C4CC4)ccn3)[C@H](C)CN3CCCCC3)s2)n1. The number of hydrogen-bond acceptors (Lipinski definition) is 10. The Bertz CT molecular complexity index is 1420. The Morgan fingerprint density at radius 3 is 2.73 bits per heavy atom. The second kappa shape index (κ2) is 12.6. The standard InChI is InChI=1S/C27H35N7O4S2/c1-3-38-24-16-28-14-22(31-24)23-15-30-27(39-23)26(35)32-25(18(2)17-34-11-5-4-6-12-34)21-13-19(9-10-29-21)33-40(36,37)20-7-8-20/h9-10,13-16,18,20,25H,3-8,11-12,17H2,1-2H3,(H,29,33)(H,32,35)/t18-,25+/m1/s1. The third-order valence-corrected chi connectivity index (χ3v) is 9.92. The van der Waals surface area contributed by atoms with Crippen molar-refractivity contribution in [1.82, 2.24) is 30.2 Å². The second-order valence-corrected chi connectivity index (χ2v) is 13.3. The van der Waals surface area contributed by atoms with Gasteiger partial charge in [-0.3, -0.25) is 19.5 Å². The van der Waals surface area contributed by atoms with Gasteiger partial charge < -0.3 is 15.0 Å². The number of piperidine rings is 1. The van der Waals surface area contributed by atoms with Crippen molar-refractivity contribution < 1.29 is 17.9 Å². The quantitative estimate of drug-likeness (QED) is 0.324. The first kappa shape index (κ1) is 28.4. The lowest BCUT2D eigenvalue weighted by Gasteiger charge is -2.32. The maximum absolute atomic E-state index is 13.5. The van der Waals surface area contributed by atoms with Crippen molar-refractivity contribution in [2.45, 2.75) is 57.2 Å². The van der Waals surface area contributed by atoms with Crippen molar-refractivity contribution in [2.75, 3.05) is 31.0 Å². The largest absolute Gasteiger partial charge is 0.477 e. The highest BCUT2D eigenvalue weighted by Crippen LogP contribution is 2.31. The number of nitrogens with one attached hydrogen (secondary N) is 2. The van der Waals surface area contributed by atoms with Crippen LogP contribution in [0.3, 0.4) is 0 Å². The molecular weight excluding hydrogens is 550 g/mol. The van der Waals surface area contributed by atoms with E-state index in [-0.39, 0.29) is 17.1 Å². The van der Waals surface area contributed by atoms with Crippen LogP contribution >= 0.6 is 11.3 Å². The molecule has 1 aliphatic carbocycles. The summed E-state index contributed by atoms with van der Waals surface area (Å²) in [6.45, 7) is 7.27. The number of likely N-dealkylation sites (tertiary alicyclic amines) is 1. The van der Waals surface area contributed by atoms with Gasteiger partial charge in [-0.2, -0.15) is 0 Å². The van der Waals surface area contributed by atoms with Gasteiger partial charge in [-0.15, -0.1) is 11.3 Å². The molecule has 11 nitrogen and oxygen atoms in total. The minimum atomic E-state index is -3.42. The number of hydrogen-bond donors (Lipinski definition) is 2. The van der Waals surface area contributed by atoms with Gasteiger partial charge in [-0.05, 0) is 63.7 Å². The molecule has 0 radical (unpaired) electrons. The lowest BCUT2D eigenvalue weighted by atomic mass is 9.96. The molecule has 0 bridgehead atoms. The minimum Gasteiger partial charge on any atom is -0.477 e. The van der Waals surface area contributed by atoms with Gasteiger partial charge in [0.1, 0.15) is 5.69 Å². The fourth-order valence-electron chi connectivity index (χ4n) is 4.85. The molecule has 13 heteroatoms. The van der Waals surface area contributed by atoms with Crippen LogP contribution < -0.4 is 14.8 Å². The topological polar surface area (TPSA) is 139 Å². The Hall–Kier alpha value is -3.16. The zero-order valence-corrected chi connectivity index (χ0v) is 24.4. The van der Waals surface area contributed by atoms with Crippen LogP contribution in [0.4, 0.5) is 5.69 Å². The van der Waals surface area contributed by atoms with E-state index in [1.165, 1.54) is 17.8 Å². The average molecular weight is 586 g/mol. The van der Waals surface area contributed by atoms with Gasteiger partial charge in [0, 0.05) is 18.9 Å². The van der Waals surface area contributed by atoms with Crippen LogP contribution in [-0.4, -0.2) is 70.7 Å². The predicted octanol–water partition coefficient (Wildman–Crippen LogP) is 3.89. The van der Waals surface area contributed by atoms with E-state index in [0.717, 1.165) is 32.5 Å². The van der Waals surface area contributed by atoms with Crippen molar-refractivity contribution in [2.24, 2.45) is 5.92 Å². The summed E-state index contributed by atoms with van der Waals surface area (Å²) in [6, 6.07) is 2.91. The Balaban J connectivity index is 1.36. The summed E-state index contributed by atoms with van der Waals surface area (Å²) in [5.41, 5.74) is 1.63. The monoisotopic (exact) mass is 585 g/mol. The van der Waals surface area contributed by atoms with Crippen LogP contribution in [0, 0.1) is 5.92 Å². The van der Waals surface area contributed by atoms with Crippen LogP contribution in [0.5, 0.6) is 5.88 Å². The summed E-state index contributed by atoms with van der Waals surface area (Å²) < 4.78 is 33.2. The first-order valence-electron chi connectivity index (χ1n) is 13.7. The summed E-state index contributed by atoms with van der Waals surface area (Å²) >= 11 is 1.22. The van der Waals surface area contributed by atoms with Crippen molar-refractivity contribution in [3.8, 4) is 16.5 Å². The molecule has 2 fully saturated rings. The summed E-state index contributed by atoms with van der Waals surface area (Å²) in [7, 11) is -3.42. The van der Waals surface area contributed by atoms with E-state index in [9.17, 15) is 13.2 Å². The molecule has 3 aromatic heterocycles. The Morgan fingerprint density at radius 2 is 1.98 bits per heavy atom. The molecule has 1 aliphatic heterocycles. The Kier molecular flexibility index (Phi) is 8.91. The lowest BCUT2D eigenvalue weighted by Crippen LogP contribution is -2.40. The smallest absolute Gasteiger partial charge is 0.280 e. The summed E-state index contributed by atoms with van der Waals surface area (Å²) in [5.74, 6) is 0.0960. The average Bonchev–Trinajstić information content (AvgIpc) is 3.70. The number of sulfonamides is 1. The van der Waals surface area contributed by atoms with Crippen molar-refractivity contribution in [1.29, 1.82) is 0 Å². The predicted molar refractivity (Wildman–Crippen MR) is 154 cm³/mol. The highest BCUT2D eigenvalue weighted by atomic mass is 32.2. The molecule has 214 valence electrons. The van der Waals surface area contributed by atoms with E-state index in [2.05, 4.69) is 41.8 Å². The van der Waals surface area contributed by atoms with E-state index in [4.69, 9.17) is 4.74 Å². The van der Waals surface area contributed by atoms with Crippen molar-refractivity contribution in [3.05, 3.63) is 47.6 Å². The van der Waals surface area contributed by atoms with Crippen LogP contribution in [0.2, 0.25) is 0 Å². The van der Waals surface area contributed by atoms with Gasteiger partial charge in [0.2, 0.25) is 15.9 Å². The number of anilines is 1. The maximum atomic E-state index is 13.5. The van der Waals surface area contributed by atoms with Gasteiger partial charge in [-0.25, -0.2) is 18.4 Å². The van der Waals surface area contributed by atoms with E-state index >= 15 is 0 Å². The zero-order chi connectivity index (χ0) is 28.1. The minimum absolute atomic E-state index is 0.0120. The Morgan fingerprint density at radius 1 is 1.18 bits per heavy atom. The molecular formula is C27H35N7O4S2. The molecule has 1 saturated carbocycles. The number of carbonyl (C=O) groups excluding carboxylic acids is 1. The molecule has 0 unspecified atom stereocenters. The van der Waals surface area contributed by atoms with Gasteiger partial charge >= 0.3 is 0 Å². The number of amides is 1. The first-order chi connectivity index (χ1) is 19.3. The molecule has 0 spiro atoms. The Labute approximate surface area is 238 Å². The number of carbonyl (C=O) groups is 1. The van der Waals surface area contributed by atoms with E-state index in [1.54, 1.807) is 36.9 Å². The van der Waals surface area contributed by atoms with Crippen molar-refractivity contribution in [3.63, 3.8) is 0 Å². The number of nitrogens with zero attached hydrogens (tertiary/aromatic N) is 5. The van der Waals surface area contributed by atoms with Crippen LogP contribution in [0.15, 0.2) is 36.9 Å². The third-order valence-electron chi connectivity index (χ3n) is 7.03. The second-order valence-electron chi connectivity index (χ2n) is 10.3. The molecule has 0 aromatic carbocycles.